The molecular weight excluding hydrogens is 489 g/mol. The normalized spacial score (nSPS) is 13.6. The largest absolute Gasteiger partial charge is 0.494 e. The monoisotopic (exact) mass is 517 g/mol. The molecule has 0 amide bonds. The number of aromatic nitrogens is 1. The maximum atomic E-state index is 13.7. The summed E-state index contributed by atoms with van der Waals surface area (Å²) in [5.74, 6) is -0.0660. The van der Waals surface area contributed by atoms with Crippen LogP contribution in [-0.2, 0) is 5.60 Å². The third kappa shape index (κ3) is 5.95. The minimum atomic E-state index is -1.48. The number of carbonyl (C=O) groups excluding carboxylic acids is 1. The van der Waals surface area contributed by atoms with E-state index >= 15 is 0 Å². The Morgan fingerprint density at radius 2 is 1.78 bits per heavy atom. The Balaban J connectivity index is 1.86. The highest BCUT2D eigenvalue weighted by atomic mass is 35.5. The van der Waals surface area contributed by atoms with Crippen LogP contribution in [0.2, 0.25) is 5.02 Å². The van der Waals surface area contributed by atoms with Crippen molar-refractivity contribution in [1.82, 2.24) is 4.98 Å². The highest BCUT2D eigenvalue weighted by Gasteiger charge is 2.34. The van der Waals surface area contributed by atoms with E-state index in [1.807, 2.05) is 0 Å². The van der Waals surface area contributed by atoms with Gasteiger partial charge < -0.3 is 24.4 Å². The maximum Gasteiger partial charge on any atom is 0.163 e. The number of Topliss-reactive ketones (excluding diaryl/α,β-unsaturated/α-hetero) is 1. The number of halogens is 2. The van der Waals surface area contributed by atoms with Crippen LogP contribution in [0, 0.1) is 11.7 Å². The summed E-state index contributed by atoms with van der Waals surface area (Å²) in [6.45, 7) is 3.30. The first-order valence-corrected chi connectivity index (χ1v) is 11.7. The molecule has 9 heteroatoms. The number of ether oxygens (including phenoxy) is 3. The van der Waals surface area contributed by atoms with Crippen molar-refractivity contribution in [2.45, 2.75) is 25.9 Å². The van der Waals surface area contributed by atoms with E-state index in [0.717, 1.165) is 0 Å². The number of pyridine rings is 1. The molecule has 0 radical (unpaired) electrons. The van der Waals surface area contributed by atoms with Crippen molar-refractivity contribution in [2.75, 3.05) is 27.4 Å². The molecule has 0 aliphatic carbocycles. The molecule has 0 spiro atoms. The van der Waals surface area contributed by atoms with Crippen molar-refractivity contribution in [3.63, 3.8) is 0 Å². The van der Waals surface area contributed by atoms with E-state index in [1.54, 1.807) is 44.2 Å². The second kappa shape index (κ2) is 11.7. The summed E-state index contributed by atoms with van der Waals surface area (Å²) >= 11 is 5.95. The van der Waals surface area contributed by atoms with Crippen molar-refractivity contribution in [3.8, 4) is 28.5 Å². The van der Waals surface area contributed by atoms with Crippen LogP contribution in [0.3, 0.4) is 0 Å². The zero-order chi connectivity index (χ0) is 26.5. The highest BCUT2D eigenvalue weighted by molar-refractivity contribution is 6.31. The summed E-state index contributed by atoms with van der Waals surface area (Å²) in [6, 6.07) is 12.3. The molecule has 0 saturated heterocycles. The van der Waals surface area contributed by atoms with Gasteiger partial charge in [0.25, 0.3) is 0 Å². The SMILES string of the molecule is COc1cc(C(=O)CC(C)C(C)(O)c2ccc(OC)c(-c3ccc(F)c(Cl)c3)n2)ccc1OCCO. The van der Waals surface area contributed by atoms with Gasteiger partial charge in [-0.25, -0.2) is 9.37 Å². The van der Waals surface area contributed by atoms with Gasteiger partial charge in [0.05, 0.1) is 31.5 Å². The topological polar surface area (TPSA) is 98.1 Å². The van der Waals surface area contributed by atoms with Gasteiger partial charge in [-0.15, -0.1) is 0 Å². The van der Waals surface area contributed by atoms with Gasteiger partial charge in [0.15, 0.2) is 17.3 Å². The van der Waals surface area contributed by atoms with Crippen molar-refractivity contribution in [1.29, 1.82) is 0 Å². The van der Waals surface area contributed by atoms with Crippen LogP contribution in [0.5, 0.6) is 17.2 Å². The molecule has 0 aliphatic rings. The minimum Gasteiger partial charge on any atom is -0.494 e. The lowest BCUT2D eigenvalue weighted by molar-refractivity contribution is -0.00434. The Bertz CT molecular complexity index is 1230. The quantitative estimate of drug-likeness (QED) is 0.343. The molecule has 3 rings (SSSR count). The highest BCUT2D eigenvalue weighted by Crippen LogP contribution is 2.37. The van der Waals surface area contributed by atoms with Gasteiger partial charge in [0.2, 0.25) is 0 Å². The molecule has 192 valence electrons. The first-order valence-electron chi connectivity index (χ1n) is 11.3. The zero-order valence-corrected chi connectivity index (χ0v) is 21.3. The maximum absolute atomic E-state index is 13.7. The number of hydrogen-bond acceptors (Lipinski definition) is 7. The number of rotatable bonds is 11. The van der Waals surface area contributed by atoms with E-state index < -0.39 is 17.3 Å². The summed E-state index contributed by atoms with van der Waals surface area (Å²) < 4.78 is 29.8. The van der Waals surface area contributed by atoms with Crippen LogP contribution in [-0.4, -0.2) is 48.4 Å². The molecule has 0 aliphatic heterocycles. The lowest BCUT2D eigenvalue weighted by Gasteiger charge is -2.30. The van der Waals surface area contributed by atoms with Crippen LogP contribution >= 0.6 is 11.6 Å². The Kier molecular flexibility index (Phi) is 8.89. The third-order valence-electron chi connectivity index (χ3n) is 6.08. The van der Waals surface area contributed by atoms with Gasteiger partial charge in [0, 0.05) is 17.5 Å². The molecule has 0 saturated carbocycles. The second-order valence-electron chi connectivity index (χ2n) is 8.49. The molecule has 1 heterocycles. The average Bonchev–Trinajstić information content (AvgIpc) is 2.88. The lowest BCUT2D eigenvalue weighted by atomic mass is 9.82. The molecule has 0 bridgehead atoms. The molecule has 1 aromatic heterocycles. The number of hydrogen-bond donors (Lipinski definition) is 2. The summed E-state index contributed by atoms with van der Waals surface area (Å²) in [5, 5.41) is 20.3. The molecule has 7 nitrogen and oxygen atoms in total. The fraction of sp³-hybridized carbons (Fsp3) is 0.333. The first-order chi connectivity index (χ1) is 17.1. The van der Waals surface area contributed by atoms with E-state index in [4.69, 9.17) is 30.9 Å². The van der Waals surface area contributed by atoms with Crippen molar-refractivity contribution < 1.29 is 33.6 Å². The van der Waals surface area contributed by atoms with Crippen LogP contribution in [0.1, 0.15) is 36.3 Å². The minimum absolute atomic E-state index is 0.0262. The van der Waals surface area contributed by atoms with E-state index in [2.05, 4.69) is 4.98 Å². The summed E-state index contributed by atoms with van der Waals surface area (Å²) in [6.07, 6.45) is 0.0262. The fourth-order valence-electron chi connectivity index (χ4n) is 3.71. The van der Waals surface area contributed by atoms with Gasteiger partial charge >= 0.3 is 0 Å². The van der Waals surface area contributed by atoms with Crippen molar-refractivity contribution in [2.24, 2.45) is 5.92 Å². The second-order valence-corrected chi connectivity index (χ2v) is 8.90. The lowest BCUT2D eigenvalue weighted by Crippen LogP contribution is -2.32. The predicted molar refractivity (Wildman–Crippen MR) is 134 cm³/mol. The molecule has 2 unspecified atom stereocenters. The number of ketones is 1. The van der Waals surface area contributed by atoms with Gasteiger partial charge in [-0.2, -0.15) is 0 Å². The Morgan fingerprint density at radius 3 is 2.42 bits per heavy atom. The summed E-state index contributed by atoms with van der Waals surface area (Å²) in [7, 11) is 2.95. The first kappa shape index (κ1) is 27.4. The van der Waals surface area contributed by atoms with E-state index in [-0.39, 0.29) is 30.4 Å². The molecule has 36 heavy (non-hydrogen) atoms. The number of aliphatic hydroxyl groups excluding tert-OH is 1. The smallest absolute Gasteiger partial charge is 0.163 e. The average molecular weight is 518 g/mol. The van der Waals surface area contributed by atoms with Gasteiger partial charge in [-0.05, 0) is 61.4 Å². The molecule has 2 N–H and O–H groups in total. The van der Waals surface area contributed by atoms with Gasteiger partial charge in [-0.3, -0.25) is 4.79 Å². The summed E-state index contributed by atoms with van der Waals surface area (Å²) in [5.41, 5.74) is 0.156. The summed E-state index contributed by atoms with van der Waals surface area (Å²) in [4.78, 5) is 17.6. The molecular formula is C27H29ClFNO6. The number of benzene rings is 2. The third-order valence-corrected chi connectivity index (χ3v) is 6.37. The fourth-order valence-corrected chi connectivity index (χ4v) is 3.89. The zero-order valence-electron chi connectivity index (χ0n) is 20.5. The van der Waals surface area contributed by atoms with Crippen LogP contribution in [0.4, 0.5) is 4.39 Å². The standard InChI is InChI=1S/C27H29ClFNO6/c1-16(13-21(32)17-6-8-22(36-12-11-31)24(15-17)35-4)27(2,33)25-10-9-23(34-3)26(30-25)18-5-7-20(29)19(28)14-18/h5-10,14-16,31,33H,11-13H2,1-4H3. The molecule has 2 atom stereocenters. The molecule has 0 fully saturated rings. The van der Waals surface area contributed by atoms with Crippen LogP contribution < -0.4 is 14.2 Å². The number of nitrogens with zero attached hydrogens (tertiary/aromatic N) is 1. The van der Waals surface area contributed by atoms with Crippen LogP contribution in [0.25, 0.3) is 11.3 Å². The number of methoxy groups -OCH3 is 2. The number of carbonyl (C=O) groups is 1. The van der Waals surface area contributed by atoms with E-state index in [1.165, 1.54) is 32.4 Å². The Morgan fingerprint density at radius 1 is 1.08 bits per heavy atom. The van der Waals surface area contributed by atoms with E-state index in [9.17, 15) is 14.3 Å². The van der Waals surface area contributed by atoms with Gasteiger partial charge in [0.1, 0.15) is 29.5 Å². The van der Waals surface area contributed by atoms with Crippen LogP contribution in [0.15, 0.2) is 48.5 Å². The van der Waals surface area contributed by atoms with Crippen molar-refractivity contribution >= 4 is 17.4 Å². The van der Waals surface area contributed by atoms with Crippen molar-refractivity contribution in [3.05, 3.63) is 70.6 Å². The number of aliphatic hydroxyl groups is 2. The Labute approximate surface area is 214 Å². The van der Waals surface area contributed by atoms with Gasteiger partial charge in [-0.1, -0.05) is 18.5 Å². The van der Waals surface area contributed by atoms with E-state index in [0.29, 0.717) is 39.8 Å². The molecule has 3 aromatic rings. The Hall–Kier alpha value is -3.20. The molecule has 2 aromatic carbocycles. The predicted octanol–water partition coefficient (Wildman–Crippen LogP) is 5.05.